The average Bonchev–Trinajstić information content (AvgIpc) is 2.64. The van der Waals surface area contributed by atoms with Crippen molar-refractivity contribution in [2.75, 3.05) is 24.4 Å². The largest absolute Gasteiger partial charge is 0.493 e. The fourth-order valence-electron chi connectivity index (χ4n) is 2.25. The molecule has 138 valence electrons. The van der Waals surface area contributed by atoms with Gasteiger partial charge < -0.3 is 20.1 Å². The number of hydrogen-bond donors (Lipinski definition) is 2. The molecular formula is C20H19N3O4. The first kappa shape index (κ1) is 19.5. The van der Waals surface area contributed by atoms with Crippen molar-refractivity contribution in [1.82, 2.24) is 0 Å². The Morgan fingerprint density at radius 2 is 1.85 bits per heavy atom. The minimum absolute atomic E-state index is 0.0779. The quantitative estimate of drug-likeness (QED) is 0.734. The fraction of sp³-hybridized carbons (Fsp3) is 0.150. The number of ether oxygens (including phenoxy) is 2. The first-order valence-corrected chi connectivity index (χ1v) is 8.06. The number of anilines is 2. The molecule has 0 saturated heterocycles. The van der Waals surface area contributed by atoms with E-state index < -0.39 is 0 Å². The summed E-state index contributed by atoms with van der Waals surface area (Å²) < 4.78 is 10.5. The van der Waals surface area contributed by atoms with Gasteiger partial charge in [-0.1, -0.05) is 12.1 Å². The zero-order chi connectivity index (χ0) is 19.6. The lowest BCUT2D eigenvalue weighted by atomic mass is 10.2. The Morgan fingerprint density at radius 1 is 1.11 bits per heavy atom. The van der Waals surface area contributed by atoms with E-state index >= 15 is 0 Å². The second-order valence-corrected chi connectivity index (χ2v) is 5.44. The molecule has 0 aliphatic heterocycles. The molecule has 2 aromatic carbocycles. The van der Waals surface area contributed by atoms with Gasteiger partial charge in [-0.05, 0) is 42.0 Å². The first-order valence-electron chi connectivity index (χ1n) is 8.06. The maximum absolute atomic E-state index is 12.1. The lowest BCUT2D eigenvalue weighted by Gasteiger charge is -2.09. The normalized spacial score (nSPS) is 10.1. The Hall–Kier alpha value is -3.79. The standard InChI is InChI=1S/C20H19N3O4/c1-14(24)22-16-4-3-5-17(13-16)23-20(25)9-7-15-6-8-18(27-11-10-21)19(12-15)26-2/h3-9,12-13H,11H2,1-2H3,(H,22,24)(H,23,25)/b9-7+. The number of hydrogen-bond acceptors (Lipinski definition) is 5. The van der Waals surface area contributed by atoms with E-state index in [1.165, 1.54) is 20.1 Å². The smallest absolute Gasteiger partial charge is 0.248 e. The number of nitriles is 1. The minimum Gasteiger partial charge on any atom is -0.493 e. The van der Waals surface area contributed by atoms with Gasteiger partial charge in [0.2, 0.25) is 11.8 Å². The Bertz CT molecular complexity index is 900. The molecule has 7 nitrogen and oxygen atoms in total. The van der Waals surface area contributed by atoms with Gasteiger partial charge in [-0.2, -0.15) is 5.26 Å². The molecular weight excluding hydrogens is 346 g/mol. The molecule has 0 bridgehead atoms. The number of benzene rings is 2. The number of methoxy groups -OCH3 is 1. The third-order valence-electron chi connectivity index (χ3n) is 3.36. The minimum atomic E-state index is -0.321. The Morgan fingerprint density at radius 3 is 2.52 bits per heavy atom. The highest BCUT2D eigenvalue weighted by Gasteiger charge is 2.05. The molecule has 7 heteroatoms. The maximum Gasteiger partial charge on any atom is 0.248 e. The van der Waals surface area contributed by atoms with E-state index in [4.69, 9.17) is 14.7 Å². The van der Waals surface area contributed by atoms with Gasteiger partial charge in [0, 0.05) is 24.4 Å². The van der Waals surface area contributed by atoms with E-state index in [2.05, 4.69) is 10.6 Å². The van der Waals surface area contributed by atoms with E-state index in [0.29, 0.717) is 22.9 Å². The summed E-state index contributed by atoms with van der Waals surface area (Å²) in [6.45, 7) is 1.34. The molecule has 2 aromatic rings. The molecule has 0 fully saturated rings. The molecule has 0 aliphatic carbocycles. The van der Waals surface area contributed by atoms with E-state index in [1.807, 2.05) is 6.07 Å². The van der Waals surface area contributed by atoms with E-state index in [0.717, 1.165) is 5.56 Å². The van der Waals surface area contributed by atoms with Crippen LogP contribution in [0.2, 0.25) is 0 Å². The van der Waals surface area contributed by atoms with Crippen molar-refractivity contribution in [2.24, 2.45) is 0 Å². The highest BCUT2D eigenvalue weighted by Crippen LogP contribution is 2.28. The van der Waals surface area contributed by atoms with Crippen molar-refractivity contribution in [3.8, 4) is 17.6 Å². The molecule has 0 atom stereocenters. The van der Waals surface area contributed by atoms with Crippen molar-refractivity contribution in [1.29, 1.82) is 5.26 Å². The van der Waals surface area contributed by atoms with Crippen molar-refractivity contribution >= 4 is 29.3 Å². The van der Waals surface area contributed by atoms with E-state index in [9.17, 15) is 9.59 Å². The van der Waals surface area contributed by atoms with Gasteiger partial charge in [0.25, 0.3) is 0 Å². The summed E-state index contributed by atoms with van der Waals surface area (Å²) in [7, 11) is 1.50. The second kappa shape index (κ2) is 9.63. The zero-order valence-electron chi connectivity index (χ0n) is 15.0. The zero-order valence-corrected chi connectivity index (χ0v) is 15.0. The van der Waals surface area contributed by atoms with Gasteiger partial charge in [0.15, 0.2) is 18.1 Å². The van der Waals surface area contributed by atoms with Crippen LogP contribution in [-0.4, -0.2) is 25.5 Å². The summed E-state index contributed by atoms with van der Waals surface area (Å²) in [4.78, 5) is 23.2. The SMILES string of the molecule is COc1cc(/C=C/C(=O)Nc2cccc(NC(C)=O)c2)ccc1OCC#N. The fourth-order valence-corrected chi connectivity index (χ4v) is 2.25. The highest BCUT2D eigenvalue weighted by molar-refractivity contribution is 6.02. The van der Waals surface area contributed by atoms with Crippen LogP contribution in [0.3, 0.4) is 0 Å². The van der Waals surface area contributed by atoms with Crippen LogP contribution in [0.25, 0.3) is 6.08 Å². The lowest BCUT2D eigenvalue weighted by Crippen LogP contribution is -2.09. The summed E-state index contributed by atoms with van der Waals surface area (Å²) >= 11 is 0. The summed E-state index contributed by atoms with van der Waals surface area (Å²) in [6, 6.07) is 13.9. The second-order valence-electron chi connectivity index (χ2n) is 5.44. The molecule has 2 N–H and O–H groups in total. The van der Waals surface area contributed by atoms with Gasteiger partial charge in [-0.3, -0.25) is 9.59 Å². The van der Waals surface area contributed by atoms with Crippen LogP contribution in [0, 0.1) is 11.3 Å². The van der Waals surface area contributed by atoms with Gasteiger partial charge in [0.05, 0.1) is 7.11 Å². The third kappa shape index (κ3) is 6.21. The molecule has 0 heterocycles. The molecule has 0 radical (unpaired) electrons. The maximum atomic E-state index is 12.1. The van der Waals surface area contributed by atoms with Crippen LogP contribution in [-0.2, 0) is 9.59 Å². The number of amides is 2. The lowest BCUT2D eigenvalue weighted by molar-refractivity contribution is -0.114. The van der Waals surface area contributed by atoms with Crippen LogP contribution in [0.5, 0.6) is 11.5 Å². The summed E-state index contributed by atoms with van der Waals surface area (Å²) in [5.41, 5.74) is 1.90. The average molecular weight is 365 g/mol. The highest BCUT2D eigenvalue weighted by atomic mass is 16.5. The monoisotopic (exact) mass is 365 g/mol. The van der Waals surface area contributed by atoms with Crippen LogP contribution in [0.4, 0.5) is 11.4 Å². The van der Waals surface area contributed by atoms with Crippen molar-refractivity contribution in [3.05, 3.63) is 54.1 Å². The number of nitrogens with zero attached hydrogens (tertiary/aromatic N) is 1. The predicted molar refractivity (Wildman–Crippen MR) is 103 cm³/mol. The molecule has 27 heavy (non-hydrogen) atoms. The topological polar surface area (TPSA) is 100 Å². The van der Waals surface area contributed by atoms with Crippen LogP contribution in [0.1, 0.15) is 12.5 Å². The van der Waals surface area contributed by atoms with Crippen molar-refractivity contribution in [3.63, 3.8) is 0 Å². The number of carbonyl (C=O) groups excluding carboxylic acids is 2. The predicted octanol–water partition coefficient (Wildman–Crippen LogP) is 3.21. The van der Waals surface area contributed by atoms with Crippen LogP contribution < -0.4 is 20.1 Å². The van der Waals surface area contributed by atoms with Crippen molar-refractivity contribution in [2.45, 2.75) is 6.92 Å². The summed E-state index contributed by atoms with van der Waals surface area (Å²) in [6.07, 6.45) is 3.01. The first-order chi connectivity index (χ1) is 13.0. The van der Waals surface area contributed by atoms with Crippen LogP contribution >= 0.6 is 0 Å². The molecule has 2 rings (SSSR count). The van der Waals surface area contributed by atoms with Gasteiger partial charge in [-0.25, -0.2) is 0 Å². The van der Waals surface area contributed by atoms with Gasteiger partial charge in [-0.15, -0.1) is 0 Å². The number of nitrogens with one attached hydrogen (secondary N) is 2. The Labute approximate surface area is 157 Å². The summed E-state index contributed by atoms with van der Waals surface area (Å²) in [5.74, 6) is 0.416. The van der Waals surface area contributed by atoms with Crippen LogP contribution in [0.15, 0.2) is 48.5 Å². The summed E-state index contributed by atoms with van der Waals surface area (Å²) in [5, 5.41) is 14.0. The molecule has 0 aromatic heterocycles. The molecule has 2 amide bonds. The Balaban J connectivity index is 2.04. The molecule has 0 unspecified atom stereocenters. The molecule has 0 aliphatic rings. The number of carbonyl (C=O) groups is 2. The van der Waals surface area contributed by atoms with Gasteiger partial charge in [0.1, 0.15) is 6.07 Å². The van der Waals surface area contributed by atoms with Crippen molar-refractivity contribution < 1.29 is 19.1 Å². The molecule has 0 saturated carbocycles. The molecule has 0 spiro atoms. The Kier molecular flexibility index (Phi) is 6.97. The van der Waals surface area contributed by atoms with E-state index in [1.54, 1.807) is 48.5 Å². The number of rotatable bonds is 7. The van der Waals surface area contributed by atoms with E-state index in [-0.39, 0.29) is 18.4 Å². The third-order valence-corrected chi connectivity index (χ3v) is 3.36. The van der Waals surface area contributed by atoms with Gasteiger partial charge >= 0.3 is 0 Å².